The maximum Gasteiger partial charge on any atom is 0.221 e. The lowest BCUT2D eigenvalue weighted by molar-refractivity contribution is -0.122. The number of nitrogens with one attached hydrogen (secondary N) is 2. The Kier molecular flexibility index (Phi) is 6.37. The summed E-state index contributed by atoms with van der Waals surface area (Å²) < 4.78 is 33.4. The molecule has 2 N–H and O–H groups in total. The molecule has 0 bridgehead atoms. The second kappa shape index (κ2) is 8.28. The van der Waals surface area contributed by atoms with Crippen molar-refractivity contribution in [3.8, 4) is 5.75 Å². The molecule has 1 unspecified atom stereocenters. The van der Waals surface area contributed by atoms with Crippen LogP contribution >= 0.6 is 0 Å². The lowest BCUT2D eigenvalue weighted by Crippen LogP contribution is -2.44. The van der Waals surface area contributed by atoms with Gasteiger partial charge in [-0.1, -0.05) is 0 Å². The van der Waals surface area contributed by atoms with Gasteiger partial charge in [0.25, 0.3) is 0 Å². The van der Waals surface area contributed by atoms with Crippen LogP contribution in [0.15, 0.2) is 29.2 Å². The second-order valence-corrected chi connectivity index (χ2v) is 7.39. The summed E-state index contributed by atoms with van der Waals surface area (Å²) in [5.41, 5.74) is 0. The Balaban J connectivity index is 1.65. The molecule has 23 heavy (non-hydrogen) atoms. The van der Waals surface area contributed by atoms with E-state index in [0.29, 0.717) is 38.5 Å². The SMILES string of the molecule is CS(=O)(=O)c1ccc(OCCNC(=O)CC2COCCN2)cc1. The Morgan fingerprint density at radius 1 is 1.39 bits per heavy atom. The topological polar surface area (TPSA) is 93.7 Å². The summed E-state index contributed by atoms with van der Waals surface area (Å²) in [5, 5.41) is 6.00. The minimum atomic E-state index is -3.20. The predicted molar refractivity (Wildman–Crippen MR) is 85.3 cm³/mol. The summed E-state index contributed by atoms with van der Waals surface area (Å²) in [6.07, 6.45) is 1.54. The summed E-state index contributed by atoms with van der Waals surface area (Å²) in [6.45, 7) is 2.71. The van der Waals surface area contributed by atoms with Crippen LogP contribution in [0.1, 0.15) is 6.42 Å². The summed E-state index contributed by atoms with van der Waals surface area (Å²) in [5.74, 6) is 0.512. The molecule has 0 aliphatic carbocycles. The van der Waals surface area contributed by atoms with Crippen molar-refractivity contribution in [2.45, 2.75) is 17.4 Å². The molecule has 2 rings (SSSR count). The quantitative estimate of drug-likeness (QED) is 0.676. The van der Waals surface area contributed by atoms with Crippen molar-refractivity contribution in [1.29, 1.82) is 0 Å². The first-order valence-electron chi connectivity index (χ1n) is 7.46. The molecule has 1 atom stereocenters. The molecule has 0 saturated carbocycles. The van der Waals surface area contributed by atoms with E-state index >= 15 is 0 Å². The van der Waals surface area contributed by atoms with Gasteiger partial charge in [-0.3, -0.25) is 4.79 Å². The predicted octanol–water partition coefficient (Wildman–Crippen LogP) is -0.0364. The first-order chi connectivity index (χ1) is 10.9. The van der Waals surface area contributed by atoms with Crippen molar-refractivity contribution in [2.75, 3.05) is 39.2 Å². The van der Waals surface area contributed by atoms with Crippen molar-refractivity contribution in [3.63, 3.8) is 0 Å². The Hall–Kier alpha value is -1.64. The van der Waals surface area contributed by atoms with Crippen LogP contribution in [0.25, 0.3) is 0 Å². The molecule has 1 amide bonds. The number of morpholine rings is 1. The Morgan fingerprint density at radius 3 is 2.74 bits per heavy atom. The average Bonchev–Trinajstić information content (AvgIpc) is 2.52. The van der Waals surface area contributed by atoms with E-state index in [0.717, 1.165) is 12.8 Å². The van der Waals surface area contributed by atoms with Crippen LogP contribution in [-0.4, -0.2) is 59.5 Å². The van der Waals surface area contributed by atoms with Gasteiger partial charge in [0.2, 0.25) is 5.91 Å². The van der Waals surface area contributed by atoms with E-state index in [9.17, 15) is 13.2 Å². The Morgan fingerprint density at radius 2 is 2.13 bits per heavy atom. The lowest BCUT2D eigenvalue weighted by Gasteiger charge is -2.23. The van der Waals surface area contributed by atoms with Crippen molar-refractivity contribution < 1.29 is 22.7 Å². The van der Waals surface area contributed by atoms with Gasteiger partial charge in [0.15, 0.2) is 9.84 Å². The highest BCUT2D eigenvalue weighted by Gasteiger charge is 2.16. The zero-order valence-electron chi connectivity index (χ0n) is 13.1. The van der Waals surface area contributed by atoms with Gasteiger partial charge < -0.3 is 20.1 Å². The number of rotatable bonds is 7. The zero-order valence-corrected chi connectivity index (χ0v) is 13.9. The highest BCUT2D eigenvalue weighted by atomic mass is 32.2. The third-order valence-electron chi connectivity index (χ3n) is 3.38. The van der Waals surface area contributed by atoms with E-state index in [2.05, 4.69) is 10.6 Å². The standard InChI is InChI=1S/C15H22N2O5S/c1-23(19,20)14-4-2-13(3-5-14)22-9-7-17-15(18)10-12-11-21-8-6-16-12/h2-5,12,16H,6-11H2,1H3,(H,17,18). The monoisotopic (exact) mass is 342 g/mol. The zero-order chi connectivity index (χ0) is 16.7. The molecule has 8 heteroatoms. The van der Waals surface area contributed by atoms with Crippen molar-refractivity contribution in [1.82, 2.24) is 10.6 Å². The number of sulfone groups is 1. The summed E-state index contributed by atoms with van der Waals surface area (Å²) >= 11 is 0. The van der Waals surface area contributed by atoms with E-state index in [1.165, 1.54) is 12.1 Å². The Bertz CT molecular complexity index is 609. The van der Waals surface area contributed by atoms with Gasteiger partial charge in [0, 0.05) is 25.3 Å². The number of carbonyl (C=O) groups is 1. The van der Waals surface area contributed by atoms with Crippen molar-refractivity contribution >= 4 is 15.7 Å². The molecule has 1 fully saturated rings. The lowest BCUT2D eigenvalue weighted by atomic mass is 10.2. The highest BCUT2D eigenvalue weighted by Crippen LogP contribution is 2.15. The van der Waals surface area contributed by atoms with Crippen LogP contribution in [0.2, 0.25) is 0 Å². The first kappa shape index (κ1) is 17.7. The maximum absolute atomic E-state index is 11.7. The Labute approximate surface area is 136 Å². The molecule has 1 aromatic carbocycles. The highest BCUT2D eigenvalue weighted by molar-refractivity contribution is 7.90. The van der Waals surface area contributed by atoms with Gasteiger partial charge in [-0.05, 0) is 24.3 Å². The van der Waals surface area contributed by atoms with Gasteiger partial charge >= 0.3 is 0 Å². The molecule has 1 aliphatic rings. The minimum absolute atomic E-state index is 0.0518. The fourth-order valence-electron chi connectivity index (χ4n) is 2.19. The van der Waals surface area contributed by atoms with E-state index < -0.39 is 9.84 Å². The molecular weight excluding hydrogens is 320 g/mol. The minimum Gasteiger partial charge on any atom is -0.492 e. The van der Waals surface area contributed by atoms with Crippen LogP contribution in [0.3, 0.4) is 0 Å². The summed E-state index contributed by atoms with van der Waals surface area (Å²) in [7, 11) is -3.20. The van der Waals surface area contributed by atoms with Crippen molar-refractivity contribution in [3.05, 3.63) is 24.3 Å². The van der Waals surface area contributed by atoms with Gasteiger partial charge in [-0.15, -0.1) is 0 Å². The number of hydrogen-bond acceptors (Lipinski definition) is 6. The van der Waals surface area contributed by atoms with Crippen LogP contribution in [0, 0.1) is 0 Å². The molecular formula is C15H22N2O5S. The van der Waals surface area contributed by atoms with Crippen molar-refractivity contribution in [2.24, 2.45) is 0 Å². The van der Waals surface area contributed by atoms with Crippen LogP contribution in [0.5, 0.6) is 5.75 Å². The number of benzene rings is 1. The number of amides is 1. The van der Waals surface area contributed by atoms with E-state index in [-0.39, 0.29) is 16.8 Å². The number of hydrogen-bond donors (Lipinski definition) is 2. The normalized spacial score (nSPS) is 18.4. The smallest absolute Gasteiger partial charge is 0.221 e. The molecule has 0 radical (unpaired) electrons. The van der Waals surface area contributed by atoms with E-state index in [1.54, 1.807) is 12.1 Å². The van der Waals surface area contributed by atoms with Gasteiger partial charge in [0.1, 0.15) is 12.4 Å². The average molecular weight is 342 g/mol. The first-order valence-corrected chi connectivity index (χ1v) is 9.35. The fourth-order valence-corrected chi connectivity index (χ4v) is 2.82. The van der Waals surface area contributed by atoms with E-state index in [4.69, 9.17) is 9.47 Å². The van der Waals surface area contributed by atoms with Crippen LogP contribution in [-0.2, 0) is 19.4 Å². The summed E-state index contributed by atoms with van der Waals surface area (Å²) in [4.78, 5) is 12.0. The molecule has 1 heterocycles. The van der Waals surface area contributed by atoms with Gasteiger partial charge in [-0.2, -0.15) is 0 Å². The van der Waals surface area contributed by atoms with Gasteiger partial charge in [-0.25, -0.2) is 8.42 Å². The largest absolute Gasteiger partial charge is 0.492 e. The molecule has 7 nitrogen and oxygen atoms in total. The second-order valence-electron chi connectivity index (χ2n) is 5.37. The molecule has 1 saturated heterocycles. The van der Waals surface area contributed by atoms with Crippen LogP contribution in [0.4, 0.5) is 0 Å². The third kappa shape index (κ3) is 6.17. The summed E-state index contributed by atoms with van der Waals surface area (Å²) in [6, 6.07) is 6.26. The number of ether oxygens (including phenoxy) is 2. The molecule has 0 aromatic heterocycles. The molecule has 1 aliphatic heterocycles. The van der Waals surface area contributed by atoms with E-state index in [1.807, 2.05) is 0 Å². The third-order valence-corrected chi connectivity index (χ3v) is 4.50. The van der Waals surface area contributed by atoms with Crippen LogP contribution < -0.4 is 15.4 Å². The molecule has 0 spiro atoms. The molecule has 1 aromatic rings. The fraction of sp³-hybridized carbons (Fsp3) is 0.533. The number of carbonyl (C=O) groups excluding carboxylic acids is 1. The molecule has 128 valence electrons. The van der Waals surface area contributed by atoms with Gasteiger partial charge in [0.05, 0.1) is 24.7 Å². The maximum atomic E-state index is 11.7.